The molecule has 2 unspecified atom stereocenters. The van der Waals surface area contributed by atoms with E-state index in [2.05, 4.69) is 41.4 Å². The van der Waals surface area contributed by atoms with Crippen LogP contribution in [0.25, 0.3) is 0 Å². The second-order valence-electron chi connectivity index (χ2n) is 5.51. The van der Waals surface area contributed by atoms with E-state index in [-0.39, 0.29) is 24.0 Å². The Kier molecular flexibility index (Phi) is 8.52. The molecule has 2 atom stereocenters. The van der Waals surface area contributed by atoms with E-state index in [4.69, 9.17) is 4.74 Å². The second-order valence-corrected chi connectivity index (χ2v) is 5.51. The summed E-state index contributed by atoms with van der Waals surface area (Å²) >= 11 is 0. The zero-order valence-electron chi connectivity index (χ0n) is 13.6. The van der Waals surface area contributed by atoms with Crippen LogP contribution in [0.3, 0.4) is 0 Å². The van der Waals surface area contributed by atoms with Crippen LogP contribution in [0, 0.1) is 5.92 Å². The molecule has 1 aliphatic rings. The van der Waals surface area contributed by atoms with Gasteiger partial charge in [0.15, 0.2) is 5.96 Å². The maximum absolute atomic E-state index is 5.48. The number of nitrogens with zero attached hydrogens (tertiary/aromatic N) is 2. The van der Waals surface area contributed by atoms with Crippen LogP contribution in [0.5, 0.6) is 5.88 Å². The summed E-state index contributed by atoms with van der Waals surface area (Å²) in [4.78, 5) is 8.90. The first-order valence-electron chi connectivity index (χ1n) is 7.85. The highest BCUT2D eigenvalue weighted by molar-refractivity contribution is 14.0. The predicted molar refractivity (Wildman–Crippen MR) is 101 cm³/mol. The van der Waals surface area contributed by atoms with Crippen LogP contribution in [-0.4, -0.2) is 30.1 Å². The van der Waals surface area contributed by atoms with E-state index >= 15 is 0 Å². The number of aliphatic imine (C=N–C) groups is 1. The minimum absolute atomic E-state index is 0. The molecule has 6 heteroatoms. The van der Waals surface area contributed by atoms with Gasteiger partial charge in [-0.15, -0.1) is 24.0 Å². The van der Waals surface area contributed by atoms with Crippen molar-refractivity contribution in [3.05, 3.63) is 23.9 Å². The monoisotopic (exact) mass is 418 g/mol. The molecule has 0 radical (unpaired) electrons. The predicted octanol–water partition coefficient (Wildman–Crippen LogP) is 2.95. The van der Waals surface area contributed by atoms with Crippen molar-refractivity contribution in [3.63, 3.8) is 0 Å². The van der Waals surface area contributed by atoms with E-state index in [1.165, 1.54) is 6.42 Å². The molecule has 1 fully saturated rings. The average molecular weight is 418 g/mol. The van der Waals surface area contributed by atoms with Crippen LogP contribution in [0.2, 0.25) is 0 Å². The van der Waals surface area contributed by atoms with Crippen molar-refractivity contribution in [2.75, 3.05) is 13.2 Å². The molecule has 0 aromatic carbocycles. The smallest absolute Gasteiger partial charge is 0.213 e. The van der Waals surface area contributed by atoms with E-state index in [0.29, 0.717) is 25.1 Å². The summed E-state index contributed by atoms with van der Waals surface area (Å²) in [6.07, 6.45) is 4.05. The third kappa shape index (κ3) is 6.37. The standard InChI is InChI=1S/C16H26N4O.HI/c1-4-8-21-15-7-6-13(10-18-15)11-19-16(17-5-2)20-14-9-12(14)3;/h6-7,10,12,14H,4-5,8-9,11H2,1-3H3,(H2,17,19,20);1H. The highest BCUT2D eigenvalue weighted by Crippen LogP contribution is 2.28. The molecular formula is C16H27IN4O. The van der Waals surface area contributed by atoms with Crippen molar-refractivity contribution in [1.82, 2.24) is 15.6 Å². The fourth-order valence-electron chi connectivity index (χ4n) is 1.99. The average Bonchev–Trinajstić information content (AvgIpc) is 3.19. The third-order valence-corrected chi connectivity index (χ3v) is 3.45. The van der Waals surface area contributed by atoms with Gasteiger partial charge in [0, 0.05) is 24.8 Å². The first-order chi connectivity index (χ1) is 10.2. The molecular weight excluding hydrogens is 391 g/mol. The van der Waals surface area contributed by atoms with Gasteiger partial charge in [-0.1, -0.05) is 19.9 Å². The van der Waals surface area contributed by atoms with Crippen molar-refractivity contribution in [1.29, 1.82) is 0 Å². The summed E-state index contributed by atoms with van der Waals surface area (Å²) in [5, 5.41) is 6.72. The van der Waals surface area contributed by atoms with E-state index < -0.39 is 0 Å². The molecule has 2 N–H and O–H groups in total. The molecule has 1 aliphatic carbocycles. The minimum atomic E-state index is 0. The number of rotatable bonds is 7. The van der Waals surface area contributed by atoms with Gasteiger partial charge in [0.1, 0.15) is 0 Å². The Balaban J connectivity index is 0.00000242. The molecule has 5 nitrogen and oxygen atoms in total. The Morgan fingerprint density at radius 3 is 2.73 bits per heavy atom. The molecule has 0 amide bonds. The Morgan fingerprint density at radius 2 is 2.18 bits per heavy atom. The lowest BCUT2D eigenvalue weighted by molar-refractivity contribution is 0.305. The number of hydrogen-bond acceptors (Lipinski definition) is 3. The Bertz CT molecular complexity index is 464. The summed E-state index contributed by atoms with van der Waals surface area (Å²) in [5.41, 5.74) is 1.08. The molecule has 0 bridgehead atoms. The fraction of sp³-hybridized carbons (Fsp3) is 0.625. The highest BCUT2D eigenvalue weighted by Gasteiger charge is 2.33. The van der Waals surface area contributed by atoms with E-state index in [0.717, 1.165) is 30.4 Å². The Hall–Kier alpha value is -1.05. The molecule has 1 heterocycles. The lowest BCUT2D eigenvalue weighted by atomic mass is 10.3. The Morgan fingerprint density at radius 1 is 1.41 bits per heavy atom. The van der Waals surface area contributed by atoms with E-state index in [9.17, 15) is 0 Å². The summed E-state index contributed by atoms with van der Waals surface area (Å²) in [6, 6.07) is 4.50. The minimum Gasteiger partial charge on any atom is -0.478 e. The van der Waals surface area contributed by atoms with Crippen molar-refractivity contribution < 1.29 is 4.74 Å². The lowest BCUT2D eigenvalue weighted by Gasteiger charge is -2.10. The summed E-state index contributed by atoms with van der Waals surface area (Å²) in [6.45, 7) is 8.61. The van der Waals surface area contributed by atoms with E-state index in [1.54, 1.807) is 0 Å². The number of halogens is 1. The largest absolute Gasteiger partial charge is 0.478 e. The molecule has 0 saturated heterocycles. The number of guanidine groups is 1. The topological polar surface area (TPSA) is 58.5 Å². The first-order valence-corrected chi connectivity index (χ1v) is 7.85. The van der Waals surface area contributed by atoms with Crippen LogP contribution in [-0.2, 0) is 6.54 Å². The van der Waals surface area contributed by atoms with Gasteiger partial charge >= 0.3 is 0 Å². The lowest BCUT2D eigenvalue weighted by Crippen LogP contribution is -2.39. The van der Waals surface area contributed by atoms with Crippen LogP contribution >= 0.6 is 24.0 Å². The first kappa shape index (κ1) is 19.0. The van der Waals surface area contributed by atoms with Crippen LogP contribution in [0.15, 0.2) is 23.3 Å². The number of aromatic nitrogens is 1. The SMILES string of the molecule is CCCOc1ccc(CN=C(NCC)NC2CC2C)cn1.I. The maximum atomic E-state index is 5.48. The molecule has 1 aromatic heterocycles. The van der Waals surface area contributed by atoms with Gasteiger partial charge in [-0.05, 0) is 31.2 Å². The van der Waals surface area contributed by atoms with Gasteiger partial charge in [0.2, 0.25) is 5.88 Å². The van der Waals surface area contributed by atoms with Gasteiger partial charge in [-0.2, -0.15) is 0 Å². The van der Waals surface area contributed by atoms with Crippen molar-refractivity contribution in [2.24, 2.45) is 10.9 Å². The maximum Gasteiger partial charge on any atom is 0.213 e. The van der Waals surface area contributed by atoms with Gasteiger partial charge in [0.05, 0.1) is 13.2 Å². The van der Waals surface area contributed by atoms with E-state index in [1.807, 2.05) is 18.3 Å². The van der Waals surface area contributed by atoms with Crippen LogP contribution in [0.4, 0.5) is 0 Å². The zero-order chi connectivity index (χ0) is 15.1. The molecule has 22 heavy (non-hydrogen) atoms. The van der Waals surface area contributed by atoms with Gasteiger partial charge < -0.3 is 15.4 Å². The summed E-state index contributed by atoms with van der Waals surface area (Å²) in [7, 11) is 0. The molecule has 1 saturated carbocycles. The fourth-order valence-corrected chi connectivity index (χ4v) is 1.99. The highest BCUT2D eigenvalue weighted by atomic mass is 127. The second kappa shape index (κ2) is 9.86. The zero-order valence-corrected chi connectivity index (χ0v) is 16.0. The van der Waals surface area contributed by atoms with Gasteiger partial charge in [0.25, 0.3) is 0 Å². The molecule has 124 valence electrons. The quantitative estimate of drug-likeness (QED) is 0.406. The van der Waals surface area contributed by atoms with Gasteiger partial charge in [-0.25, -0.2) is 9.98 Å². The molecule has 0 spiro atoms. The normalized spacial score (nSPS) is 20.0. The summed E-state index contributed by atoms with van der Waals surface area (Å²) in [5.74, 6) is 2.32. The molecule has 0 aliphatic heterocycles. The van der Waals surface area contributed by atoms with Crippen molar-refractivity contribution >= 4 is 29.9 Å². The van der Waals surface area contributed by atoms with Crippen molar-refractivity contribution in [3.8, 4) is 5.88 Å². The number of hydrogen-bond donors (Lipinski definition) is 2. The summed E-state index contributed by atoms with van der Waals surface area (Å²) < 4.78 is 5.48. The number of ether oxygens (including phenoxy) is 1. The third-order valence-electron chi connectivity index (χ3n) is 3.45. The van der Waals surface area contributed by atoms with Gasteiger partial charge in [-0.3, -0.25) is 0 Å². The molecule has 2 rings (SSSR count). The molecule has 1 aromatic rings. The number of nitrogens with one attached hydrogen (secondary N) is 2. The van der Waals surface area contributed by atoms with Crippen LogP contribution < -0.4 is 15.4 Å². The van der Waals surface area contributed by atoms with Crippen molar-refractivity contribution in [2.45, 2.75) is 46.2 Å². The number of pyridine rings is 1. The van der Waals surface area contributed by atoms with Crippen LogP contribution in [0.1, 0.15) is 39.2 Å². The Labute approximate surface area is 150 Å².